The largest absolute Gasteiger partial charge is 0.361 e. The highest BCUT2D eigenvalue weighted by atomic mass is 16.2. The maximum absolute atomic E-state index is 13.1. The van der Waals surface area contributed by atoms with Gasteiger partial charge in [0.1, 0.15) is 0 Å². The number of aromatic nitrogens is 1. The van der Waals surface area contributed by atoms with Crippen LogP contribution in [0.4, 0.5) is 10.5 Å². The predicted octanol–water partition coefficient (Wildman–Crippen LogP) is 4.95. The fourth-order valence-corrected chi connectivity index (χ4v) is 8.55. The van der Waals surface area contributed by atoms with Crippen molar-refractivity contribution in [2.75, 3.05) is 77.3 Å². The molecule has 242 valence electrons. The average molecular weight is 612 g/mol. The molecular formula is C37H53N7O. The summed E-state index contributed by atoms with van der Waals surface area (Å²) in [5.41, 5.74) is 6.32. The van der Waals surface area contributed by atoms with E-state index < -0.39 is 0 Å². The van der Waals surface area contributed by atoms with Gasteiger partial charge in [0.25, 0.3) is 0 Å². The number of fused-ring (bicyclic) bond motifs is 2. The third-order valence-corrected chi connectivity index (χ3v) is 11.2. The van der Waals surface area contributed by atoms with Crippen LogP contribution in [0.3, 0.4) is 0 Å². The molecule has 3 N–H and O–H groups in total. The number of aryl methyl sites for hydroxylation is 1. The Balaban J connectivity index is 0.946. The van der Waals surface area contributed by atoms with E-state index in [2.05, 4.69) is 78.7 Å². The average Bonchev–Trinajstić information content (AvgIpc) is 3.48. The van der Waals surface area contributed by atoms with Crippen LogP contribution in [-0.2, 0) is 12.8 Å². The molecule has 0 saturated carbocycles. The van der Waals surface area contributed by atoms with E-state index >= 15 is 0 Å². The molecule has 8 heteroatoms. The molecule has 1 atom stereocenters. The number of hydrogen-bond donors (Lipinski definition) is 3. The molecule has 3 aromatic rings. The smallest absolute Gasteiger partial charge is 0.322 e. The molecule has 1 unspecified atom stereocenters. The number of piperazine rings is 1. The van der Waals surface area contributed by atoms with Crippen LogP contribution >= 0.6 is 0 Å². The number of likely N-dealkylation sites (tertiary alicyclic amines) is 1. The van der Waals surface area contributed by atoms with E-state index in [1.807, 2.05) is 12.1 Å². The van der Waals surface area contributed by atoms with Gasteiger partial charge in [-0.25, -0.2) is 4.79 Å². The number of anilines is 1. The van der Waals surface area contributed by atoms with Crippen molar-refractivity contribution in [1.29, 1.82) is 0 Å². The van der Waals surface area contributed by atoms with Gasteiger partial charge < -0.3 is 30.3 Å². The van der Waals surface area contributed by atoms with Gasteiger partial charge in [0.05, 0.1) is 0 Å². The van der Waals surface area contributed by atoms with E-state index in [1.54, 1.807) is 0 Å². The lowest BCUT2D eigenvalue weighted by atomic mass is 9.92. The highest BCUT2D eigenvalue weighted by molar-refractivity contribution is 5.91. The number of nitrogens with zero attached hydrogens (tertiary/aromatic N) is 4. The van der Waals surface area contributed by atoms with Gasteiger partial charge in [-0.05, 0) is 118 Å². The molecule has 0 spiro atoms. The lowest BCUT2D eigenvalue weighted by Crippen LogP contribution is -2.53. The summed E-state index contributed by atoms with van der Waals surface area (Å²) in [5, 5.41) is 8.04. The first-order valence-electron chi connectivity index (χ1n) is 17.7. The van der Waals surface area contributed by atoms with E-state index in [9.17, 15) is 4.79 Å². The van der Waals surface area contributed by atoms with Crippen LogP contribution in [-0.4, -0.2) is 115 Å². The van der Waals surface area contributed by atoms with Crippen LogP contribution in [0.15, 0.2) is 48.7 Å². The molecule has 8 nitrogen and oxygen atoms in total. The van der Waals surface area contributed by atoms with Crippen molar-refractivity contribution in [1.82, 2.24) is 29.9 Å². The number of benzene rings is 2. The van der Waals surface area contributed by atoms with E-state index in [1.165, 1.54) is 92.7 Å². The fourth-order valence-electron chi connectivity index (χ4n) is 8.55. The van der Waals surface area contributed by atoms with E-state index in [4.69, 9.17) is 0 Å². The summed E-state index contributed by atoms with van der Waals surface area (Å²) < 4.78 is 0. The van der Waals surface area contributed by atoms with E-state index in [0.717, 1.165) is 63.6 Å². The van der Waals surface area contributed by atoms with Gasteiger partial charge in [-0.15, -0.1) is 0 Å². The lowest BCUT2D eigenvalue weighted by Gasteiger charge is -2.42. The number of amides is 2. The zero-order chi connectivity index (χ0) is 30.6. The van der Waals surface area contributed by atoms with Crippen LogP contribution < -0.4 is 10.6 Å². The Labute approximate surface area is 269 Å². The standard InChI is InChI=1S/C37H53N7O/c1-28-24-30(26-32-6-15-39-36(28)32)25-29(27-42-20-22-43(23-21-42)33-7-13-38-14-8-33)9-16-41-17-11-34(12-18-41)44-19-10-31-4-2-3-5-35(31)40-37(44)45/h2-6,15,24,26,29,33-34,38-39H,7-14,16-23,25,27H2,1H3,(H,40,45). The Bertz CT molecular complexity index is 1420. The van der Waals surface area contributed by atoms with Gasteiger partial charge in [-0.1, -0.05) is 24.3 Å². The normalized spacial score (nSPS) is 22.3. The molecule has 2 aromatic carbocycles. The Morgan fingerprint density at radius 3 is 2.49 bits per heavy atom. The third kappa shape index (κ3) is 7.40. The molecule has 4 aliphatic heterocycles. The van der Waals surface area contributed by atoms with Crippen LogP contribution in [0.1, 0.15) is 48.8 Å². The Morgan fingerprint density at radius 1 is 0.867 bits per heavy atom. The summed E-state index contributed by atoms with van der Waals surface area (Å²) in [6, 6.07) is 16.5. The molecule has 0 radical (unpaired) electrons. The molecule has 0 aliphatic carbocycles. The number of rotatable bonds is 9. The van der Waals surface area contributed by atoms with E-state index in [0.29, 0.717) is 12.0 Å². The molecule has 3 saturated heterocycles. The Kier molecular flexibility index (Phi) is 9.73. The molecule has 2 amide bonds. The Hall–Kier alpha value is -2.91. The highest BCUT2D eigenvalue weighted by Crippen LogP contribution is 2.27. The minimum atomic E-state index is 0.0772. The summed E-state index contributed by atoms with van der Waals surface area (Å²) in [6.45, 7) is 14.7. The number of H-pyrrole nitrogens is 1. The number of urea groups is 1. The van der Waals surface area contributed by atoms with Crippen molar-refractivity contribution < 1.29 is 4.79 Å². The maximum Gasteiger partial charge on any atom is 0.322 e. The van der Waals surface area contributed by atoms with Gasteiger partial charge in [-0.3, -0.25) is 4.90 Å². The molecule has 3 fully saturated rings. The third-order valence-electron chi connectivity index (χ3n) is 11.2. The summed E-state index contributed by atoms with van der Waals surface area (Å²) >= 11 is 0. The van der Waals surface area contributed by atoms with Gasteiger partial charge in [0.2, 0.25) is 0 Å². The summed E-state index contributed by atoms with van der Waals surface area (Å²) in [7, 11) is 0. The molecule has 5 heterocycles. The number of carbonyl (C=O) groups excluding carboxylic acids is 1. The number of hydrogen-bond acceptors (Lipinski definition) is 5. The van der Waals surface area contributed by atoms with E-state index in [-0.39, 0.29) is 6.03 Å². The quantitative estimate of drug-likeness (QED) is 0.320. The first-order chi connectivity index (χ1) is 22.1. The van der Waals surface area contributed by atoms with Crippen molar-refractivity contribution in [3.05, 3.63) is 65.4 Å². The first-order valence-corrected chi connectivity index (χ1v) is 17.7. The second-order valence-electron chi connectivity index (χ2n) is 14.1. The monoisotopic (exact) mass is 611 g/mol. The summed E-state index contributed by atoms with van der Waals surface area (Å²) in [6.07, 6.45) is 10.1. The fraction of sp³-hybridized carbons (Fsp3) is 0.595. The van der Waals surface area contributed by atoms with Crippen molar-refractivity contribution in [2.45, 2.75) is 64.0 Å². The van der Waals surface area contributed by atoms with Gasteiger partial charge in [0.15, 0.2) is 0 Å². The number of piperidine rings is 2. The number of nitrogens with one attached hydrogen (secondary N) is 3. The second kappa shape index (κ2) is 14.2. The number of para-hydroxylation sites is 1. The van der Waals surface area contributed by atoms with Gasteiger partial charge in [-0.2, -0.15) is 0 Å². The number of carbonyl (C=O) groups is 1. The van der Waals surface area contributed by atoms with Crippen molar-refractivity contribution in [2.24, 2.45) is 5.92 Å². The SMILES string of the molecule is Cc1cc(CC(CCN2CCC(N3CCc4ccccc4NC3=O)CC2)CN2CCN(C3CCNCC3)CC2)cc2cc[nH]c12. The van der Waals surface area contributed by atoms with Crippen LogP contribution in [0.2, 0.25) is 0 Å². The summed E-state index contributed by atoms with van der Waals surface area (Å²) in [4.78, 5) is 26.8. The summed E-state index contributed by atoms with van der Waals surface area (Å²) in [5.74, 6) is 0.638. The second-order valence-corrected chi connectivity index (χ2v) is 14.1. The minimum absolute atomic E-state index is 0.0772. The zero-order valence-electron chi connectivity index (χ0n) is 27.3. The molecular weight excluding hydrogens is 558 g/mol. The molecule has 1 aromatic heterocycles. The van der Waals surface area contributed by atoms with Crippen LogP contribution in [0, 0.1) is 12.8 Å². The van der Waals surface area contributed by atoms with Gasteiger partial charge in [0, 0.05) is 81.8 Å². The topological polar surface area (TPSA) is 69.9 Å². The first kappa shape index (κ1) is 30.7. The predicted molar refractivity (Wildman–Crippen MR) is 184 cm³/mol. The van der Waals surface area contributed by atoms with Crippen molar-refractivity contribution in [3.8, 4) is 0 Å². The van der Waals surface area contributed by atoms with Crippen LogP contribution in [0.25, 0.3) is 10.9 Å². The Morgan fingerprint density at radius 2 is 1.67 bits per heavy atom. The van der Waals surface area contributed by atoms with Crippen LogP contribution in [0.5, 0.6) is 0 Å². The minimum Gasteiger partial charge on any atom is -0.361 e. The number of aromatic amines is 1. The zero-order valence-corrected chi connectivity index (χ0v) is 27.3. The van der Waals surface area contributed by atoms with Gasteiger partial charge >= 0.3 is 6.03 Å². The molecule has 7 rings (SSSR count). The molecule has 45 heavy (non-hydrogen) atoms. The van der Waals surface area contributed by atoms with Crippen molar-refractivity contribution >= 4 is 22.6 Å². The highest BCUT2D eigenvalue weighted by Gasteiger charge is 2.31. The maximum atomic E-state index is 13.1. The lowest BCUT2D eigenvalue weighted by molar-refractivity contribution is 0.0700. The van der Waals surface area contributed by atoms with Crippen molar-refractivity contribution in [3.63, 3.8) is 0 Å². The molecule has 0 bridgehead atoms. The molecule has 4 aliphatic rings.